The van der Waals surface area contributed by atoms with Gasteiger partial charge in [0.15, 0.2) is 0 Å². The monoisotopic (exact) mass is 344 g/mol. The number of aryl methyl sites for hydroxylation is 2. The summed E-state index contributed by atoms with van der Waals surface area (Å²) >= 11 is 0. The van der Waals surface area contributed by atoms with Crippen molar-refractivity contribution in [2.45, 2.75) is 52.6 Å². The number of para-hydroxylation sites is 1. The minimum Gasteiger partial charge on any atom is -0.784 e. The van der Waals surface area contributed by atoms with Gasteiger partial charge in [0, 0.05) is 22.3 Å². The van der Waals surface area contributed by atoms with E-state index in [4.69, 9.17) is 0 Å². The number of hydrogen-bond donors (Lipinski definition) is 2. The second kappa shape index (κ2) is 6.61. The first-order valence-electron chi connectivity index (χ1n) is 8.32. The SMILES string of the molecule is Cc1cccc(C)c1NC(=O)CNC(=O)C1=CC(C)(C)N([O-])C1(C)C. The minimum absolute atomic E-state index is 0.153. The van der Waals surface area contributed by atoms with Crippen molar-refractivity contribution in [3.05, 3.63) is 46.2 Å². The summed E-state index contributed by atoms with van der Waals surface area (Å²) < 4.78 is 0. The second-order valence-corrected chi connectivity index (χ2v) is 7.56. The Morgan fingerprint density at radius 2 is 1.68 bits per heavy atom. The average Bonchev–Trinajstić information content (AvgIpc) is 2.68. The molecular weight excluding hydrogens is 318 g/mol. The van der Waals surface area contributed by atoms with E-state index in [9.17, 15) is 14.8 Å². The van der Waals surface area contributed by atoms with Crippen LogP contribution in [0.2, 0.25) is 0 Å². The molecule has 0 aromatic heterocycles. The molecule has 0 saturated carbocycles. The van der Waals surface area contributed by atoms with E-state index >= 15 is 0 Å². The summed E-state index contributed by atoms with van der Waals surface area (Å²) in [6.07, 6.45) is 1.67. The molecule has 0 fully saturated rings. The number of hydrogen-bond acceptors (Lipinski definition) is 4. The largest absolute Gasteiger partial charge is 0.784 e. The van der Waals surface area contributed by atoms with Crippen LogP contribution in [-0.2, 0) is 9.59 Å². The molecule has 2 N–H and O–H groups in total. The first-order chi connectivity index (χ1) is 11.5. The number of nitrogens with zero attached hydrogens (tertiary/aromatic N) is 1. The molecule has 0 spiro atoms. The van der Waals surface area contributed by atoms with Crippen LogP contribution in [0.4, 0.5) is 5.69 Å². The molecule has 2 rings (SSSR count). The van der Waals surface area contributed by atoms with Crippen molar-refractivity contribution in [1.29, 1.82) is 0 Å². The van der Waals surface area contributed by atoms with Gasteiger partial charge in [-0.2, -0.15) is 0 Å². The van der Waals surface area contributed by atoms with Crippen LogP contribution in [0.1, 0.15) is 38.8 Å². The number of nitrogens with one attached hydrogen (secondary N) is 2. The van der Waals surface area contributed by atoms with Gasteiger partial charge < -0.3 is 20.9 Å². The van der Waals surface area contributed by atoms with Crippen molar-refractivity contribution in [2.75, 3.05) is 11.9 Å². The molecule has 0 radical (unpaired) electrons. The molecule has 2 amide bonds. The highest BCUT2D eigenvalue weighted by molar-refractivity contribution is 6.01. The van der Waals surface area contributed by atoms with Crippen LogP contribution < -0.4 is 10.6 Å². The van der Waals surface area contributed by atoms with E-state index in [1.54, 1.807) is 33.8 Å². The molecule has 1 heterocycles. The van der Waals surface area contributed by atoms with Crippen molar-refractivity contribution in [3.8, 4) is 0 Å². The van der Waals surface area contributed by atoms with Crippen LogP contribution in [0, 0.1) is 19.1 Å². The van der Waals surface area contributed by atoms with E-state index in [2.05, 4.69) is 10.6 Å². The number of rotatable bonds is 4. The van der Waals surface area contributed by atoms with Crippen LogP contribution in [0.5, 0.6) is 0 Å². The molecule has 0 unspecified atom stereocenters. The van der Waals surface area contributed by atoms with Gasteiger partial charge in [-0.3, -0.25) is 9.59 Å². The maximum atomic E-state index is 12.5. The van der Waals surface area contributed by atoms with E-state index in [0.29, 0.717) is 5.57 Å². The average molecular weight is 344 g/mol. The lowest BCUT2D eigenvalue weighted by atomic mass is 9.96. The van der Waals surface area contributed by atoms with Gasteiger partial charge in [0.2, 0.25) is 11.8 Å². The Balaban J connectivity index is 2.02. The van der Waals surface area contributed by atoms with Crippen LogP contribution in [-0.4, -0.2) is 34.5 Å². The zero-order valence-electron chi connectivity index (χ0n) is 15.7. The number of carbonyl (C=O) groups is 2. The number of carbonyl (C=O) groups excluding carboxylic acids is 2. The Morgan fingerprint density at radius 1 is 1.12 bits per heavy atom. The smallest absolute Gasteiger partial charge is 0.249 e. The standard InChI is InChI=1S/C19H26N3O3/c1-12-8-7-9-13(2)16(12)21-15(23)11-20-17(24)14-10-18(3,4)22(25)19(14,5)6/h7-10H,11H2,1-6H3,(H,20,24)(H,21,23)/q-1. The zero-order chi connectivity index (χ0) is 19.0. The summed E-state index contributed by atoms with van der Waals surface area (Å²) in [4.78, 5) is 24.6. The minimum atomic E-state index is -0.934. The predicted molar refractivity (Wildman–Crippen MR) is 99.0 cm³/mol. The quantitative estimate of drug-likeness (QED) is 0.879. The van der Waals surface area contributed by atoms with E-state index in [0.717, 1.165) is 21.9 Å². The fourth-order valence-corrected chi connectivity index (χ4v) is 3.21. The molecule has 1 aromatic carbocycles. The molecule has 0 saturated heterocycles. The number of hydroxylamine groups is 2. The van der Waals surface area contributed by atoms with Crippen LogP contribution >= 0.6 is 0 Å². The topological polar surface area (TPSA) is 84.5 Å². The van der Waals surface area contributed by atoms with E-state index < -0.39 is 17.0 Å². The highest BCUT2D eigenvalue weighted by Gasteiger charge is 2.42. The Hall–Kier alpha value is -2.18. The molecule has 136 valence electrons. The fraction of sp³-hybridized carbons (Fsp3) is 0.474. The predicted octanol–water partition coefficient (Wildman–Crippen LogP) is 2.66. The summed E-state index contributed by atoms with van der Waals surface area (Å²) in [6, 6.07) is 5.75. The van der Waals surface area contributed by atoms with Crippen molar-refractivity contribution in [2.24, 2.45) is 0 Å². The van der Waals surface area contributed by atoms with Crippen molar-refractivity contribution in [3.63, 3.8) is 0 Å². The molecular formula is C19H26N3O3-. The van der Waals surface area contributed by atoms with Gasteiger partial charge in [0.05, 0.1) is 6.54 Å². The number of amides is 2. The van der Waals surface area contributed by atoms with Gasteiger partial charge in [0.25, 0.3) is 0 Å². The van der Waals surface area contributed by atoms with Gasteiger partial charge >= 0.3 is 0 Å². The molecule has 0 aliphatic carbocycles. The van der Waals surface area contributed by atoms with Crippen molar-refractivity contribution in [1.82, 2.24) is 10.4 Å². The molecule has 1 aliphatic rings. The molecule has 0 atom stereocenters. The van der Waals surface area contributed by atoms with Crippen molar-refractivity contribution < 1.29 is 9.59 Å². The van der Waals surface area contributed by atoms with Gasteiger partial charge in [-0.25, -0.2) is 0 Å². The summed E-state index contributed by atoms with van der Waals surface area (Å²) in [5.41, 5.74) is 1.38. The maximum Gasteiger partial charge on any atom is 0.249 e. The van der Waals surface area contributed by atoms with Gasteiger partial charge in [-0.1, -0.05) is 24.3 Å². The number of benzene rings is 1. The Kier molecular flexibility index (Phi) is 5.06. The van der Waals surface area contributed by atoms with Gasteiger partial charge in [-0.05, 0) is 52.7 Å². The van der Waals surface area contributed by atoms with Gasteiger partial charge in [0.1, 0.15) is 0 Å². The number of anilines is 1. The molecule has 1 aliphatic heterocycles. The lowest BCUT2D eigenvalue weighted by Gasteiger charge is -2.47. The summed E-state index contributed by atoms with van der Waals surface area (Å²) in [7, 11) is 0. The summed E-state index contributed by atoms with van der Waals surface area (Å²) in [6.45, 7) is 10.6. The molecule has 1 aromatic rings. The van der Waals surface area contributed by atoms with Gasteiger partial charge in [-0.15, -0.1) is 0 Å². The van der Waals surface area contributed by atoms with E-state index in [1.165, 1.54) is 0 Å². The lowest BCUT2D eigenvalue weighted by Crippen LogP contribution is -2.48. The molecule has 0 bridgehead atoms. The lowest BCUT2D eigenvalue weighted by molar-refractivity contribution is -0.122. The maximum absolute atomic E-state index is 12.5. The van der Waals surface area contributed by atoms with Crippen LogP contribution in [0.3, 0.4) is 0 Å². The third-order valence-electron chi connectivity index (χ3n) is 4.59. The zero-order valence-corrected chi connectivity index (χ0v) is 15.7. The summed E-state index contributed by atoms with van der Waals surface area (Å²) in [5, 5.41) is 18.7. The summed E-state index contributed by atoms with van der Waals surface area (Å²) in [5.74, 6) is -0.700. The molecule has 6 heteroatoms. The van der Waals surface area contributed by atoms with Crippen LogP contribution in [0.15, 0.2) is 29.8 Å². The first kappa shape index (κ1) is 19.1. The highest BCUT2D eigenvalue weighted by Crippen LogP contribution is 2.38. The van der Waals surface area contributed by atoms with Crippen molar-refractivity contribution >= 4 is 17.5 Å². The Labute approximate surface area is 148 Å². The van der Waals surface area contributed by atoms with E-state index in [1.807, 2.05) is 32.0 Å². The van der Waals surface area contributed by atoms with E-state index in [-0.39, 0.29) is 12.5 Å². The molecule has 25 heavy (non-hydrogen) atoms. The molecule has 6 nitrogen and oxygen atoms in total. The van der Waals surface area contributed by atoms with Crippen LogP contribution in [0.25, 0.3) is 0 Å². The Morgan fingerprint density at radius 3 is 2.16 bits per heavy atom. The third kappa shape index (κ3) is 3.75. The fourth-order valence-electron chi connectivity index (χ4n) is 3.21. The second-order valence-electron chi connectivity index (χ2n) is 7.56. The first-order valence-corrected chi connectivity index (χ1v) is 8.32. The normalized spacial score (nSPS) is 18.6. The highest BCUT2D eigenvalue weighted by atomic mass is 16.5. The third-order valence-corrected chi connectivity index (χ3v) is 4.59. The Bertz CT molecular complexity index is 715.